The maximum absolute atomic E-state index is 13.2. The first-order chi connectivity index (χ1) is 10.0. The van der Waals surface area contributed by atoms with Gasteiger partial charge in [-0.05, 0) is 31.2 Å². The molecule has 1 aliphatic heterocycles. The van der Waals surface area contributed by atoms with Crippen LogP contribution < -0.4 is 9.64 Å². The molecule has 1 amide bonds. The first kappa shape index (κ1) is 13.8. The van der Waals surface area contributed by atoms with Crippen molar-refractivity contribution in [2.24, 2.45) is 0 Å². The van der Waals surface area contributed by atoms with Crippen LogP contribution in [-0.4, -0.2) is 23.5 Å². The molecule has 0 aliphatic carbocycles. The monoisotopic (exact) mass is 306 g/mol. The van der Waals surface area contributed by atoms with Crippen LogP contribution in [0, 0.1) is 5.95 Å². The van der Waals surface area contributed by atoms with Crippen LogP contribution in [-0.2, 0) is 0 Å². The van der Waals surface area contributed by atoms with Gasteiger partial charge in [-0.2, -0.15) is 4.39 Å². The zero-order valence-electron chi connectivity index (χ0n) is 11.2. The molecule has 0 N–H and O–H groups in total. The van der Waals surface area contributed by atoms with Crippen LogP contribution in [0.3, 0.4) is 0 Å². The number of hydrogen-bond acceptors (Lipinski definition) is 3. The van der Waals surface area contributed by atoms with Crippen LogP contribution in [0.2, 0.25) is 5.02 Å². The smallest absolute Gasteiger partial charge is 0.258 e. The van der Waals surface area contributed by atoms with E-state index in [1.807, 2.05) is 6.92 Å². The Labute approximate surface area is 126 Å². The lowest BCUT2D eigenvalue weighted by atomic mass is 10.1. The van der Waals surface area contributed by atoms with Gasteiger partial charge in [0.15, 0.2) is 0 Å². The van der Waals surface area contributed by atoms with Gasteiger partial charge in [0.05, 0.1) is 12.2 Å². The highest BCUT2D eigenvalue weighted by Crippen LogP contribution is 2.36. The first-order valence-corrected chi connectivity index (χ1v) is 6.82. The zero-order chi connectivity index (χ0) is 15.0. The molecule has 3 rings (SSSR count). The average molecular weight is 307 g/mol. The van der Waals surface area contributed by atoms with Gasteiger partial charge in [0, 0.05) is 22.8 Å². The molecule has 0 fully saturated rings. The summed E-state index contributed by atoms with van der Waals surface area (Å²) in [7, 11) is 0. The third-order valence-corrected chi connectivity index (χ3v) is 3.43. The minimum absolute atomic E-state index is 0.158. The number of benzene rings is 1. The highest BCUT2D eigenvalue weighted by molar-refractivity contribution is 6.31. The van der Waals surface area contributed by atoms with E-state index in [-0.39, 0.29) is 17.6 Å². The second-order valence-electron chi connectivity index (χ2n) is 4.82. The molecule has 4 nitrogen and oxygen atoms in total. The number of rotatable bonds is 1. The molecule has 1 aromatic heterocycles. The van der Waals surface area contributed by atoms with Crippen molar-refractivity contribution in [3.63, 3.8) is 0 Å². The minimum Gasteiger partial charge on any atom is -0.487 e. The van der Waals surface area contributed by atoms with Gasteiger partial charge in [-0.3, -0.25) is 4.79 Å². The maximum Gasteiger partial charge on any atom is 0.258 e. The van der Waals surface area contributed by atoms with Gasteiger partial charge < -0.3 is 9.64 Å². The number of fused-ring (bicyclic) bond motifs is 1. The second kappa shape index (κ2) is 5.33. The summed E-state index contributed by atoms with van der Waals surface area (Å²) < 4.78 is 18.9. The number of anilines is 1. The molecule has 6 heteroatoms. The van der Waals surface area contributed by atoms with Gasteiger partial charge in [-0.25, -0.2) is 4.98 Å². The largest absolute Gasteiger partial charge is 0.487 e. The lowest BCUT2D eigenvalue weighted by molar-refractivity contribution is 0.0960. The van der Waals surface area contributed by atoms with Gasteiger partial charge >= 0.3 is 0 Å². The van der Waals surface area contributed by atoms with Gasteiger partial charge in [0.25, 0.3) is 5.91 Å². The van der Waals surface area contributed by atoms with E-state index in [0.717, 1.165) is 6.07 Å². The Morgan fingerprint density at radius 1 is 1.43 bits per heavy atom. The van der Waals surface area contributed by atoms with Crippen molar-refractivity contribution in [2.75, 3.05) is 11.4 Å². The van der Waals surface area contributed by atoms with Crippen molar-refractivity contribution in [3.05, 3.63) is 53.1 Å². The van der Waals surface area contributed by atoms with Crippen molar-refractivity contribution in [1.82, 2.24) is 4.98 Å². The van der Waals surface area contributed by atoms with Crippen molar-refractivity contribution in [1.29, 1.82) is 0 Å². The molecule has 1 atom stereocenters. The predicted octanol–water partition coefficient (Wildman–Crippen LogP) is 3.30. The lowest BCUT2D eigenvalue weighted by Gasteiger charge is -2.33. The predicted molar refractivity (Wildman–Crippen MR) is 77.4 cm³/mol. The summed E-state index contributed by atoms with van der Waals surface area (Å²) in [5, 5.41) is 0.505. The Morgan fingerprint density at radius 2 is 2.24 bits per heavy atom. The third-order valence-electron chi connectivity index (χ3n) is 3.20. The molecule has 0 spiro atoms. The molecule has 0 unspecified atom stereocenters. The summed E-state index contributed by atoms with van der Waals surface area (Å²) in [6.45, 7) is 2.24. The SMILES string of the molecule is C[C@@H]1CN(C(=O)c2ccnc(F)c2)c2cc(Cl)ccc2O1. The van der Waals surface area contributed by atoms with E-state index in [9.17, 15) is 9.18 Å². The Bertz CT molecular complexity index is 708. The molecule has 108 valence electrons. The molecule has 0 radical (unpaired) electrons. The number of carbonyl (C=O) groups excluding carboxylic acids is 1. The Kier molecular flexibility index (Phi) is 3.51. The van der Waals surface area contributed by atoms with Crippen molar-refractivity contribution < 1.29 is 13.9 Å². The topological polar surface area (TPSA) is 42.4 Å². The summed E-state index contributed by atoms with van der Waals surface area (Å²) in [5.74, 6) is -0.413. The van der Waals surface area contributed by atoms with Crippen LogP contribution in [0.5, 0.6) is 5.75 Å². The number of pyridine rings is 1. The van der Waals surface area contributed by atoms with Crippen LogP contribution in [0.4, 0.5) is 10.1 Å². The Hall–Kier alpha value is -2.14. The summed E-state index contributed by atoms with van der Waals surface area (Å²) in [4.78, 5) is 17.6. The molecular weight excluding hydrogens is 295 g/mol. The normalized spacial score (nSPS) is 17.1. The van der Waals surface area contributed by atoms with E-state index in [2.05, 4.69) is 4.98 Å². The van der Waals surface area contributed by atoms with Crippen LogP contribution in [0.15, 0.2) is 36.5 Å². The fraction of sp³-hybridized carbons (Fsp3) is 0.200. The molecule has 2 aromatic rings. The number of nitrogens with zero attached hydrogens (tertiary/aromatic N) is 2. The van der Waals surface area contributed by atoms with Gasteiger partial charge in [0.2, 0.25) is 5.95 Å². The number of hydrogen-bond donors (Lipinski definition) is 0. The fourth-order valence-electron chi connectivity index (χ4n) is 2.29. The van der Waals surface area contributed by atoms with E-state index in [1.165, 1.54) is 12.3 Å². The van der Waals surface area contributed by atoms with Gasteiger partial charge in [-0.15, -0.1) is 0 Å². The van der Waals surface area contributed by atoms with Crippen molar-refractivity contribution >= 4 is 23.2 Å². The Morgan fingerprint density at radius 3 is 3.00 bits per heavy atom. The highest BCUT2D eigenvalue weighted by atomic mass is 35.5. The number of amides is 1. The standard InChI is InChI=1S/C15H12ClFN2O2/c1-9-8-19(12-7-11(16)2-3-13(12)21-9)15(20)10-4-5-18-14(17)6-10/h2-7,9H,8H2,1H3/t9-/m1/s1. The van der Waals surface area contributed by atoms with Crippen LogP contribution in [0.1, 0.15) is 17.3 Å². The molecular formula is C15H12ClFN2O2. The molecule has 2 heterocycles. The second-order valence-corrected chi connectivity index (χ2v) is 5.26. The fourth-order valence-corrected chi connectivity index (χ4v) is 2.46. The number of carbonyl (C=O) groups is 1. The minimum atomic E-state index is -0.687. The summed E-state index contributed by atoms with van der Waals surface area (Å²) in [6.07, 6.45) is 1.11. The van der Waals surface area contributed by atoms with Crippen molar-refractivity contribution in [3.8, 4) is 5.75 Å². The molecule has 0 saturated heterocycles. The van der Waals surface area contributed by atoms with Gasteiger partial charge in [-0.1, -0.05) is 11.6 Å². The quantitative estimate of drug-likeness (QED) is 0.759. The van der Waals surface area contributed by atoms with Gasteiger partial charge in [0.1, 0.15) is 11.9 Å². The van der Waals surface area contributed by atoms with E-state index < -0.39 is 5.95 Å². The zero-order valence-corrected chi connectivity index (χ0v) is 12.0. The Balaban J connectivity index is 2.02. The number of aromatic nitrogens is 1. The molecule has 1 aliphatic rings. The molecule has 0 saturated carbocycles. The summed E-state index contributed by atoms with van der Waals surface area (Å²) >= 11 is 5.99. The van der Waals surface area contributed by atoms with E-state index in [0.29, 0.717) is 23.0 Å². The van der Waals surface area contributed by atoms with Crippen molar-refractivity contribution in [2.45, 2.75) is 13.0 Å². The van der Waals surface area contributed by atoms with Crippen LogP contribution >= 0.6 is 11.6 Å². The molecule has 0 bridgehead atoms. The lowest BCUT2D eigenvalue weighted by Crippen LogP contribution is -2.42. The molecule has 1 aromatic carbocycles. The highest BCUT2D eigenvalue weighted by Gasteiger charge is 2.28. The van der Waals surface area contributed by atoms with E-state index >= 15 is 0 Å². The third kappa shape index (κ3) is 2.69. The molecule has 21 heavy (non-hydrogen) atoms. The first-order valence-electron chi connectivity index (χ1n) is 6.44. The van der Waals surface area contributed by atoms with E-state index in [1.54, 1.807) is 23.1 Å². The average Bonchev–Trinajstić information content (AvgIpc) is 2.46. The summed E-state index contributed by atoms with van der Waals surface area (Å²) in [5.41, 5.74) is 0.824. The van der Waals surface area contributed by atoms with E-state index in [4.69, 9.17) is 16.3 Å². The summed E-state index contributed by atoms with van der Waals surface area (Å²) in [6, 6.07) is 7.69. The number of halogens is 2. The maximum atomic E-state index is 13.2. The number of ether oxygens (including phenoxy) is 1. The van der Waals surface area contributed by atoms with Crippen LogP contribution in [0.25, 0.3) is 0 Å².